The molecule has 5 heteroatoms. The van der Waals surface area contributed by atoms with Crippen molar-refractivity contribution >= 4 is 17.7 Å². The van der Waals surface area contributed by atoms with Gasteiger partial charge in [-0.25, -0.2) is 14.8 Å². The molecule has 2 amide bonds. The first-order valence-corrected chi connectivity index (χ1v) is 9.73. The third-order valence-corrected chi connectivity index (χ3v) is 4.64. The first-order chi connectivity index (χ1) is 14.6. The van der Waals surface area contributed by atoms with Gasteiger partial charge in [-0.15, -0.1) is 0 Å². The van der Waals surface area contributed by atoms with E-state index >= 15 is 0 Å². The maximum Gasteiger partial charge on any atom is 0.326 e. The number of carbonyl (C=O) groups excluding carboxylic acids is 1. The Morgan fingerprint density at radius 3 is 2.00 bits per heavy atom. The van der Waals surface area contributed by atoms with E-state index in [0.717, 1.165) is 28.1 Å². The Balaban J connectivity index is 1.66. The Hall–Kier alpha value is -3.99. The molecule has 30 heavy (non-hydrogen) atoms. The summed E-state index contributed by atoms with van der Waals surface area (Å²) in [6.07, 6.45) is 0. The highest BCUT2D eigenvalue weighted by atomic mass is 16.2. The molecule has 2 N–H and O–H groups in total. The van der Waals surface area contributed by atoms with Crippen molar-refractivity contribution in [2.45, 2.75) is 13.8 Å². The molecular formula is C25H22N4O. The highest BCUT2D eigenvalue weighted by molar-refractivity contribution is 5.99. The maximum absolute atomic E-state index is 12.5. The van der Waals surface area contributed by atoms with E-state index in [1.54, 1.807) is 0 Å². The fourth-order valence-electron chi connectivity index (χ4n) is 3.12. The van der Waals surface area contributed by atoms with Crippen LogP contribution in [0.5, 0.6) is 0 Å². The first kappa shape index (κ1) is 19.3. The molecule has 0 fully saturated rings. The lowest BCUT2D eigenvalue weighted by Crippen LogP contribution is -2.21. The summed E-state index contributed by atoms with van der Waals surface area (Å²) in [5, 5.41) is 5.60. The molecule has 0 saturated carbocycles. The van der Waals surface area contributed by atoms with Gasteiger partial charge < -0.3 is 5.32 Å². The van der Waals surface area contributed by atoms with E-state index in [1.807, 2.05) is 98.8 Å². The number of amides is 2. The Morgan fingerprint density at radius 2 is 1.33 bits per heavy atom. The predicted octanol–water partition coefficient (Wildman–Crippen LogP) is 6.07. The topological polar surface area (TPSA) is 66.9 Å². The van der Waals surface area contributed by atoms with Gasteiger partial charge in [0.1, 0.15) is 0 Å². The average molecular weight is 394 g/mol. The molecule has 3 aromatic carbocycles. The molecule has 0 aliphatic rings. The van der Waals surface area contributed by atoms with E-state index < -0.39 is 0 Å². The summed E-state index contributed by atoms with van der Waals surface area (Å²) < 4.78 is 0. The van der Waals surface area contributed by atoms with Gasteiger partial charge in [0.25, 0.3) is 0 Å². The van der Waals surface area contributed by atoms with E-state index in [9.17, 15) is 4.79 Å². The Labute approximate surface area is 175 Å². The molecule has 0 bridgehead atoms. The molecule has 1 aromatic heterocycles. The van der Waals surface area contributed by atoms with E-state index in [1.165, 1.54) is 5.56 Å². The van der Waals surface area contributed by atoms with Gasteiger partial charge in [0, 0.05) is 16.8 Å². The van der Waals surface area contributed by atoms with Crippen molar-refractivity contribution in [1.29, 1.82) is 0 Å². The SMILES string of the molecule is Cc1ccc(-c2cc(-c3ccccc3)nc(NC(=O)Nc3cccc(C)c3)n2)cc1. The second kappa shape index (κ2) is 8.57. The lowest BCUT2D eigenvalue weighted by Gasteiger charge is -2.11. The fraction of sp³-hybridized carbons (Fsp3) is 0.0800. The van der Waals surface area contributed by atoms with E-state index in [4.69, 9.17) is 0 Å². The Kier molecular flexibility index (Phi) is 5.52. The highest BCUT2D eigenvalue weighted by Gasteiger charge is 2.11. The van der Waals surface area contributed by atoms with Crippen LogP contribution >= 0.6 is 0 Å². The van der Waals surface area contributed by atoms with E-state index in [2.05, 4.69) is 20.6 Å². The molecule has 0 unspecified atom stereocenters. The Morgan fingerprint density at radius 1 is 0.667 bits per heavy atom. The normalized spacial score (nSPS) is 10.5. The van der Waals surface area contributed by atoms with Gasteiger partial charge in [-0.2, -0.15) is 0 Å². The summed E-state index contributed by atoms with van der Waals surface area (Å²) in [6, 6.07) is 27.1. The van der Waals surface area contributed by atoms with Gasteiger partial charge in [-0.1, -0.05) is 72.3 Å². The number of benzene rings is 3. The van der Waals surface area contributed by atoms with Crippen molar-refractivity contribution < 1.29 is 4.79 Å². The summed E-state index contributed by atoms with van der Waals surface area (Å²) in [4.78, 5) is 21.7. The lowest BCUT2D eigenvalue weighted by molar-refractivity contribution is 0.262. The zero-order valence-electron chi connectivity index (χ0n) is 16.9. The van der Waals surface area contributed by atoms with E-state index in [-0.39, 0.29) is 12.0 Å². The van der Waals surface area contributed by atoms with Crippen LogP contribution < -0.4 is 10.6 Å². The van der Waals surface area contributed by atoms with Crippen molar-refractivity contribution in [3.05, 3.63) is 96.1 Å². The number of carbonyl (C=O) groups is 1. The number of aryl methyl sites for hydroxylation is 2. The number of nitrogens with one attached hydrogen (secondary N) is 2. The minimum absolute atomic E-state index is 0.247. The largest absolute Gasteiger partial charge is 0.326 e. The van der Waals surface area contributed by atoms with Gasteiger partial charge in [0.2, 0.25) is 5.95 Å². The van der Waals surface area contributed by atoms with Crippen LogP contribution in [0.3, 0.4) is 0 Å². The highest BCUT2D eigenvalue weighted by Crippen LogP contribution is 2.25. The van der Waals surface area contributed by atoms with Crippen LogP contribution in [0.2, 0.25) is 0 Å². The van der Waals surface area contributed by atoms with Gasteiger partial charge in [-0.05, 0) is 37.6 Å². The molecular weight excluding hydrogens is 372 g/mol. The van der Waals surface area contributed by atoms with Crippen LogP contribution in [-0.2, 0) is 0 Å². The fourth-order valence-corrected chi connectivity index (χ4v) is 3.12. The second-order valence-corrected chi connectivity index (χ2v) is 7.14. The van der Waals surface area contributed by atoms with Crippen molar-refractivity contribution in [3.8, 4) is 22.5 Å². The van der Waals surface area contributed by atoms with Crippen molar-refractivity contribution in [1.82, 2.24) is 9.97 Å². The third-order valence-electron chi connectivity index (χ3n) is 4.64. The van der Waals surface area contributed by atoms with Crippen LogP contribution in [0.15, 0.2) is 84.9 Å². The molecule has 4 aromatic rings. The van der Waals surface area contributed by atoms with Gasteiger partial charge in [0.15, 0.2) is 0 Å². The maximum atomic E-state index is 12.5. The van der Waals surface area contributed by atoms with Crippen LogP contribution in [0.4, 0.5) is 16.4 Å². The zero-order valence-corrected chi connectivity index (χ0v) is 16.9. The minimum atomic E-state index is -0.388. The molecule has 148 valence electrons. The molecule has 0 aliphatic carbocycles. The minimum Gasteiger partial charge on any atom is -0.308 e. The number of hydrogen-bond donors (Lipinski definition) is 2. The second-order valence-electron chi connectivity index (χ2n) is 7.14. The summed E-state index contributed by atoms with van der Waals surface area (Å²) in [5.41, 5.74) is 6.36. The predicted molar refractivity (Wildman–Crippen MR) is 121 cm³/mol. The van der Waals surface area contributed by atoms with Crippen LogP contribution in [0.25, 0.3) is 22.5 Å². The molecule has 0 atom stereocenters. The monoisotopic (exact) mass is 394 g/mol. The van der Waals surface area contributed by atoms with Gasteiger partial charge in [-0.3, -0.25) is 5.32 Å². The van der Waals surface area contributed by atoms with Crippen molar-refractivity contribution in [2.24, 2.45) is 0 Å². The molecule has 0 spiro atoms. The molecule has 0 saturated heterocycles. The number of aromatic nitrogens is 2. The number of nitrogens with zero attached hydrogens (tertiary/aromatic N) is 2. The molecule has 1 heterocycles. The molecule has 0 aliphatic heterocycles. The molecule has 4 rings (SSSR count). The molecule has 5 nitrogen and oxygen atoms in total. The standard InChI is InChI=1S/C25H22N4O/c1-17-11-13-20(14-12-17)23-16-22(19-8-4-3-5-9-19)27-24(28-23)29-25(30)26-21-10-6-7-18(2)15-21/h3-16H,1-2H3,(H2,26,27,28,29,30). The quantitative estimate of drug-likeness (QED) is 0.441. The lowest BCUT2D eigenvalue weighted by atomic mass is 10.1. The Bertz CT molecular complexity index is 1170. The summed E-state index contributed by atoms with van der Waals surface area (Å²) >= 11 is 0. The number of urea groups is 1. The van der Waals surface area contributed by atoms with Crippen molar-refractivity contribution in [3.63, 3.8) is 0 Å². The smallest absolute Gasteiger partial charge is 0.308 e. The van der Waals surface area contributed by atoms with Crippen LogP contribution in [-0.4, -0.2) is 16.0 Å². The van der Waals surface area contributed by atoms with Gasteiger partial charge in [0.05, 0.1) is 11.4 Å². The van der Waals surface area contributed by atoms with Crippen LogP contribution in [0, 0.1) is 13.8 Å². The summed E-state index contributed by atoms with van der Waals surface area (Å²) in [7, 11) is 0. The average Bonchev–Trinajstić information content (AvgIpc) is 2.74. The summed E-state index contributed by atoms with van der Waals surface area (Å²) in [5.74, 6) is 0.247. The van der Waals surface area contributed by atoms with Crippen LogP contribution in [0.1, 0.15) is 11.1 Å². The number of anilines is 2. The van der Waals surface area contributed by atoms with Crippen molar-refractivity contribution in [2.75, 3.05) is 10.6 Å². The van der Waals surface area contributed by atoms with E-state index in [0.29, 0.717) is 5.69 Å². The molecule has 0 radical (unpaired) electrons. The third kappa shape index (κ3) is 4.70. The zero-order chi connectivity index (χ0) is 20.9. The first-order valence-electron chi connectivity index (χ1n) is 9.73. The number of rotatable bonds is 4. The van der Waals surface area contributed by atoms with Gasteiger partial charge >= 0.3 is 6.03 Å². The number of hydrogen-bond acceptors (Lipinski definition) is 3. The summed E-state index contributed by atoms with van der Waals surface area (Å²) in [6.45, 7) is 4.02.